The van der Waals surface area contributed by atoms with E-state index in [1.165, 1.54) is 24.9 Å². The Kier molecular flexibility index (Phi) is 5.96. The molecule has 0 spiro atoms. The predicted molar refractivity (Wildman–Crippen MR) is 104 cm³/mol. The van der Waals surface area contributed by atoms with E-state index in [0.29, 0.717) is 6.42 Å². The van der Waals surface area contributed by atoms with Crippen LogP contribution >= 0.6 is 0 Å². The van der Waals surface area contributed by atoms with Gasteiger partial charge in [0.15, 0.2) is 9.84 Å². The van der Waals surface area contributed by atoms with Gasteiger partial charge >= 0.3 is 0 Å². The second-order valence-corrected chi connectivity index (χ2v) is 9.53. The van der Waals surface area contributed by atoms with Crippen molar-refractivity contribution in [2.24, 2.45) is 11.0 Å². The van der Waals surface area contributed by atoms with Gasteiger partial charge in [0.2, 0.25) is 5.91 Å². The van der Waals surface area contributed by atoms with Crippen LogP contribution in [0.4, 0.5) is 5.69 Å². The van der Waals surface area contributed by atoms with E-state index in [-0.39, 0.29) is 29.8 Å². The van der Waals surface area contributed by atoms with Crippen molar-refractivity contribution in [1.29, 1.82) is 0 Å². The Morgan fingerprint density at radius 3 is 2.50 bits per heavy atom. The van der Waals surface area contributed by atoms with Gasteiger partial charge in [-0.1, -0.05) is 12.1 Å². The molecule has 2 heterocycles. The smallest absolute Gasteiger partial charge is 0.240 e. The Bertz CT molecular complexity index is 766. The lowest BCUT2D eigenvalue weighted by Crippen LogP contribution is -2.29. The predicted octanol–water partition coefficient (Wildman–Crippen LogP) is 2.34. The molecule has 0 bridgehead atoms. The molecule has 0 aromatic heterocycles. The summed E-state index contributed by atoms with van der Waals surface area (Å²) in [4.78, 5) is 14.4. The van der Waals surface area contributed by atoms with Crippen LogP contribution in [0.5, 0.6) is 0 Å². The molecule has 6 nitrogen and oxygen atoms in total. The first-order chi connectivity index (χ1) is 12.4. The normalized spacial score (nSPS) is 23.0. The highest BCUT2D eigenvalue weighted by Crippen LogP contribution is 2.22. The number of rotatable bonds is 5. The van der Waals surface area contributed by atoms with Crippen LogP contribution in [0, 0.1) is 5.92 Å². The average molecular weight is 378 g/mol. The van der Waals surface area contributed by atoms with Crippen LogP contribution in [-0.2, 0) is 14.6 Å². The molecule has 3 rings (SSSR count). The van der Waals surface area contributed by atoms with Crippen LogP contribution in [0.1, 0.15) is 44.6 Å². The van der Waals surface area contributed by atoms with E-state index < -0.39 is 9.84 Å². The van der Waals surface area contributed by atoms with E-state index in [2.05, 4.69) is 27.6 Å². The minimum Gasteiger partial charge on any atom is -0.372 e. The maximum Gasteiger partial charge on any atom is 0.240 e. The maximum atomic E-state index is 12.0. The Labute approximate surface area is 155 Å². The summed E-state index contributed by atoms with van der Waals surface area (Å²) in [7, 11) is -2.95. The summed E-state index contributed by atoms with van der Waals surface area (Å²) in [6.07, 6.45) is 4.58. The molecule has 0 radical (unpaired) electrons. The number of hydrazone groups is 1. The van der Waals surface area contributed by atoms with Gasteiger partial charge in [0.05, 0.1) is 17.2 Å². The van der Waals surface area contributed by atoms with Gasteiger partial charge in [0.1, 0.15) is 0 Å². The largest absolute Gasteiger partial charge is 0.372 e. The number of benzene rings is 1. The highest BCUT2D eigenvalue weighted by atomic mass is 32.2. The van der Waals surface area contributed by atoms with Gasteiger partial charge in [-0.15, -0.1) is 0 Å². The van der Waals surface area contributed by atoms with E-state index in [0.717, 1.165) is 24.4 Å². The molecule has 1 aromatic rings. The van der Waals surface area contributed by atoms with Crippen molar-refractivity contribution >= 4 is 27.1 Å². The van der Waals surface area contributed by atoms with E-state index >= 15 is 0 Å². The first-order valence-electron chi connectivity index (χ1n) is 9.32. The zero-order valence-corrected chi connectivity index (χ0v) is 16.1. The molecule has 7 heteroatoms. The maximum absolute atomic E-state index is 12.0. The fourth-order valence-electron chi connectivity index (χ4n) is 3.62. The molecule has 1 amide bonds. The molecule has 0 unspecified atom stereocenters. The van der Waals surface area contributed by atoms with E-state index in [1.54, 1.807) is 0 Å². The lowest BCUT2D eigenvalue weighted by Gasteiger charge is -2.28. The summed E-state index contributed by atoms with van der Waals surface area (Å²) in [6.45, 7) is 4.08. The first-order valence-corrected chi connectivity index (χ1v) is 11.1. The first kappa shape index (κ1) is 18.9. The lowest BCUT2D eigenvalue weighted by molar-refractivity contribution is -0.121. The Balaban J connectivity index is 1.53. The van der Waals surface area contributed by atoms with Gasteiger partial charge in [-0.25, -0.2) is 13.8 Å². The molecule has 1 N–H and O–H groups in total. The summed E-state index contributed by atoms with van der Waals surface area (Å²) in [6, 6.07) is 8.26. The van der Waals surface area contributed by atoms with Crippen molar-refractivity contribution in [3.8, 4) is 0 Å². The standard InChI is InChI=1S/C19H27N3O3S/c1-15(20-21-19(23)13-16-9-12-26(24,25)14-16)17-5-7-18(8-6-17)22-10-3-2-4-11-22/h5-8,16H,2-4,9-14H2,1H3,(H,21,23)/b20-15-/t16-/m1/s1. The number of anilines is 1. The van der Waals surface area contributed by atoms with Gasteiger partial charge in [-0.05, 0) is 56.2 Å². The molecule has 142 valence electrons. The summed E-state index contributed by atoms with van der Waals surface area (Å²) in [5, 5.41) is 4.17. The van der Waals surface area contributed by atoms with Crippen molar-refractivity contribution in [3.05, 3.63) is 29.8 Å². The summed E-state index contributed by atoms with van der Waals surface area (Å²) in [5.74, 6) is -0.00626. The van der Waals surface area contributed by atoms with Crippen LogP contribution < -0.4 is 10.3 Å². The highest BCUT2D eigenvalue weighted by Gasteiger charge is 2.29. The number of nitrogens with one attached hydrogen (secondary N) is 1. The topological polar surface area (TPSA) is 78.8 Å². The third-order valence-electron chi connectivity index (χ3n) is 5.16. The monoisotopic (exact) mass is 377 g/mol. The van der Waals surface area contributed by atoms with E-state index in [9.17, 15) is 13.2 Å². The second-order valence-electron chi connectivity index (χ2n) is 7.30. The number of amides is 1. The SMILES string of the molecule is C/C(=N/NC(=O)C[C@H]1CCS(=O)(=O)C1)c1ccc(N2CCCCC2)cc1. The highest BCUT2D eigenvalue weighted by molar-refractivity contribution is 7.91. The molecule has 2 saturated heterocycles. The van der Waals surface area contributed by atoms with Crippen molar-refractivity contribution in [1.82, 2.24) is 5.43 Å². The fourth-order valence-corrected chi connectivity index (χ4v) is 5.48. The van der Waals surface area contributed by atoms with Crippen molar-refractivity contribution in [2.45, 2.75) is 39.0 Å². The summed E-state index contributed by atoms with van der Waals surface area (Å²) in [5.41, 5.74) is 5.49. The van der Waals surface area contributed by atoms with Crippen molar-refractivity contribution < 1.29 is 13.2 Å². The van der Waals surface area contributed by atoms with Crippen LogP contribution in [0.3, 0.4) is 0 Å². The Morgan fingerprint density at radius 2 is 1.88 bits per heavy atom. The molecule has 26 heavy (non-hydrogen) atoms. The van der Waals surface area contributed by atoms with Crippen LogP contribution in [-0.4, -0.2) is 44.6 Å². The Hall–Kier alpha value is -1.89. The van der Waals surface area contributed by atoms with Crippen LogP contribution in [0.15, 0.2) is 29.4 Å². The minimum absolute atomic E-state index is 0.0840. The van der Waals surface area contributed by atoms with Crippen molar-refractivity contribution in [3.63, 3.8) is 0 Å². The molecular formula is C19H27N3O3S. The lowest BCUT2D eigenvalue weighted by atomic mass is 10.1. The van der Waals surface area contributed by atoms with Gasteiger partial charge in [-0.2, -0.15) is 5.10 Å². The van der Waals surface area contributed by atoms with E-state index in [1.807, 2.05) is 19.1 Å². The number of piperidine rings is 1. The number of carbonyl (C=O) groups excluding carboxylic acids is 1. The average Bonchev–Trinajstić information content (AvgIpc) is 2.99. The second kappa shape index (κ2) is 8.20. The molecular weight excluding hydrogens is 350 g/mol. The number of carbonyl (C=O) groups is 1. The molecule has 1 aromatic carbocycles. The Morgan fingerprint density at radius 1 is 1.19 bits per heavy atom. The zero-order valence-electron chi connectivity index (χ0n) is 15.3. The molecule has 2 aliphatic heterocycles. The van der Waals surface area contributed by atoms with Gasteiger partial charge < -0.3 is 4.90 Å². The quantitative estimate of drug-likeness (QED) is 0.631. The minimum atomic E-state index is -2.95. The zero-order chi connectivity index (χ0) is 18.6. The van der Waals surface area contributed by atoms with Crippen LogP contribution in [0.2, 0.25) is 0 Å². The third-order valence-corrected chi connectivity index (χ3v) is 6.99. The van der Waals surface area contributed by atoms with Crippen LogP contribution in [0.25, 0.3) is 0 Å². The van der Waals surface area contributed by atoms with Gasteiger partial charge in [0.25, 0.3) is 0 Å². The van der Waals surface area contributed by atoms with Gasteiger partial charge in [-0.3, -0.25) is 4.79 Å². The summed E-state index contributed by atoms with van der Waals surface area (Å²) >= 11 is 0. The van der Waals surface area contributed by atoms with Crippen molar-refractivity contribution in [2.75, 3.05) is 29.5 Å². The molecule has 0 saturated carbocycles. The molecule has 2 aliphatic rings. The molecule has 2 fully saturated rings. The van der Waals surface area contributed by atoms with E-state index in [4.69, 9.17) is 0 Å². The van der Waals surface area contributed by atoms with Gasteiger partial charge in [0, 0.05) is 25.2 Å². The fraction of sp³-hybridized carbons (Fsp3) is 0.579. The number of hydrogen-bond acceptors (Lipinski definition) is 5. The number of sulfone groups is 1. The number of nitrogens with zero attached hydrogens (tertiary/aromatic N) is 2. The number of hydrogen-bond donors (Lipinski definition) is 1. The summed E-state index contributed by atoms with van der Waals surface area (Å²) < 4.78 is 22.9. The third kappa shape index (κ3) is 5.06. The molecule has 0 aliphatic carbocycles. The molecule has 1 atom stereocenters.